The number of aryl methyl sites for hydroxylation is 1. The second-order valence-corrected chi connectivity index (χ2v) is 9.41. The van der Waals surface area contributed by atoms with Crippen molar-refractivity contribution in [2.24, 2.45) is 0 Å². The number of hydrogen-bond acceptors (Lipinski definition) is 3. The number of carbonyl (C=O) groups is 1. The average molecular weight is 421 g/mol. The molecule has 3 rings (SSSR count). The van der Waals surface area contributed by atoms with E-state index >= 15 is 0 Å². The normalized spacial score (nSPS) is 14.9. The fourth-order valence-corrected chi connectivity index (χ4v) is 5.21. The number of amides is 1. The van der Waals surface area contributed by atoms with E-state index in [1.807, 2.05) is 19.9 Å². The molecule has 0 bridgehead atoms. The molecule has 1 saturated carbocycles. The molecule has 0 spiro atoms. The van der Waals surface area contributed by atoms with E-state index in [9.17, 15) is 13.2 Å². The van der Waals surface area contributed by atoms with Crippen molar-refractivity contribution < 1.29 is 13.2 Å². The van der Waals surface area contributed by atoms with Crippen LogP contribution in [0.15, 0.2) is 41.3 Å². The largest absolute Gasteiger partial charge is 0.339 e. The van der Waals surface area contributed by atoms with Crippen LogP contribution in [-0.4, -0.2) is 32.3 Å². The highest BCUT2D eigenvalue weighted by atomic mass is 35.5. The molecule has 0 aliphatic heterocycles. The van der Waals surface area contributed by atoms with E-state index in [-0.39, 0.29) is 21.9 Å². The quantitative estimate of drug-likeness (QED) is 0.757. The highest BCUT2D eigenvalue weighted by molar-refractivity contribution is 7.92. The predicted octanol–water partition coefficient (Wildman–Crippen LogP) is 4.77. The van der Waals surface area contributed by atoms with E-state index in [1.54, 1.807) is 30.1 Å². The molecule has 150 valence electrons. The molecule has 1 N–H and O–H groups in total. The number of benzene rings is 2. The Hall–Kier alpha value is -2.05. The molecule has 0 saturated heterocycles. The summed E-state index contributed by atoms with van der Waals surface area (Å²) < 4.78 is 28.5. The summed E-state index contributed by atoms with van der Waals surface area (Å²) in [5.74, 6) is -0.188. The zero-order valence-electron chi connectivity index (χ0n) is 16.3. The summed E-state index contributed by atoms with van der Waals surface area (Å²) in [6, 6.07) is 10.0. The van der Waals surface area contributed by atoms with E-state index in [1.165, 1.54) is 12.1 Å². The van der Waals surface area contributed by atoms with Crippen LogP contribution in [0.5, 0.6) is 0 Å². The third kappa shape index (κ3) is 4.18. The van der Waals surface area contributed by atoms with Gasteiger partial charge in [-0.3, -0.25) is 9.52 Å². The van der Waals surface area contributed by atoms with Crippen molar-refractivity contribution in [2.45, 2.75) is 50.5 Å². The number of nitrogens with one attached hydrogen (secondary N) is 1. The minimum absolute atomic E-state index is 0.0814. The maximum absolute atomic E-state index is 13.0. The van der Waals surface area contributed by atoms with Crippen molar-refractivity contribution >= 4 is 33.2 Å². The van der Waals surface area contributed by atoms with E-state index in [4.69, 9.17) is 11.6 Å². The second kappa shape index (κ2) is 8.13. The summed E-state index contributed by atoms with van der Waals surface area (Å²) in [7, 11) is -2.16. The molecule has 2 aromatic rings. The van der Waals surface area contributed by atoms with Crippen LogP contribution in [-0.2, 0) is 10.0 Å². The molecule has 28 heavy (non-hydrogen) atoms. The van der Waals surface area contributed by atoms with E-state index in [0.29, 0.717) is 11.3 Å². The number of sulfonamides is 1. The van der Waals surface area contributed by atoms with Gasteiger partial charge < -0.3 is 4.90 Å². The maximum Gasteiger partial charge on any atom is 0.263 e. The lowest BCUT2D eigenvalue weighted by Crippen LogP contribution is -2.35. The summed E-state index contributed by atoms with van der Waals surface area (Å²) in [6.45, 7) is 3.77. The number of hydrogen-bond donors (Lipinski definition) is 1. The molecule has 0 unspecified atom stereocenters. The van der Waals surface area contributed by atoms with Gasteiger partial charge >= 0.3 is 0 Å². The van der Waals surface area contributed by atoms with E-state index < -0.39 is 10.0 Å². The lowest BCUT2D eigenvalue weighted by atomic mass is 10.1. The fourth-order valence-electron chi connectivity index (χ4n) is 3.56. The van der Waals surface area contributed by atoms with Gasteiger partial charge in [-0.15, -0.1) is 0 Å². The number of carbonyl (C=O) groups excluding carboxylic acids is 1. The van der Waals surface area contributed by atoms with Gasteiger partial charge in [0.05, 0.1) is 10.7 Å². The Bertz CT molecular complexity index is 999. The van der Waals surface area contributed by atoms with Gasteiger partial charge in [-0.05, 0) is 62.1 Å². The van der Waals surface area contributed by atoms with Crippen LogP contribution in [0.25, 0.3) is 0 Å². The summed E-state index contributed by atoms with van der Waals surface area (Å²) in [6.07, 6.45) is 4.19. The minimum Gasteiger partial charge on any atom is -0.339 e. The molecule has 0 radical (unpaired) electrons. The van der Waals surface area contributed by atoms with Gasteiger partial charge in [-0.1, -0.05) is 36.6 Å². The highest BCUT2D eigenvalue weighted by Crippen LogP contribution is 2.29. The number of rotatable bonds is 5. The molecule has 1 fully saturated rings. The third-order valence-corrected chi connectivity index (χ3v) is 7.36. The van der Waals surface area contributed by atoms with Crippen LogP contribution < -0.4 is 4.72 Å². The second-order valence-electron chi connectivity index (χ2n) is 7.35. The summed E-state index contributed by atoms with van der Waals surface area (Å²) in [5.41, 5.74) is 2.64. The maximum atomic E-state index is 13.0. The molecule has 5 nitrogen and oxygen atoms in total. The SMILES string of the molecule is Cc1cccc(NS(=O)(=O)c2cc(C(=O)N(C)C3CCCC3)ccc2Cl)c1C. The first-order valence-corrected chi connectivity index (χ1v) is 11.2. The Balaban J connectivity index is 1.92. The summed E-state index contributed by atoms with van der Waals surface area (Å²) in [4.78, 5) is 14.5. The van der Waals surface area contributed by atoms with Crippen molar-refractivity contribution in [3.8, 4) is 0 Å². The lowest BCUT2D eigenvalue weighted by Gasteiger charge is -2.24. The average Bonchev–Trinajstić information content (AvgIpc) is 3.19. The molecule has 2 aromatic carbocycles. The standard InChI is InChI=1S/C21H25ClN2O3S/c1-14-7-6-10-19(15(14)2)23-28(26,27)20-13-16(11-12-18(20)22)21(25)24(3)17-8-4-5-9-17/h6-7,10-13,17,23H,4-5,8-9H2,1-3H3. The van der Waals surface area contributed by atoms with Crippen LogP contribution in [0.3, 0.4) is 0 Å². The predicted molar refractivity (Wildman–Crippen MR) is 113 cm³/mol. The van der Waals surface area contributed by atoms with E-state index in [0.717, 1.165) is 36.8 Å². The Morgan fingerprint density at radius 1 is 1.14 bits per heavy atom. The van der Waals surface area contributed by atoms with Gasteiger partial charge in [0, 0.05) is 18.7 Å². The zero-order chi connectivity index (χ0) is 20.5. The van der Waals surface area contributed by atoms with Gasteiger partial charge in [0.15, 0.2) is 0 Å². The smallest absolute Gasteiger partial charge is 0.263 e. The third-order valence-electron chi connectivity index (χ3n) is 5.51. The molecule has 1 aliphatic carbocycles. The number of nitrogens with zero attached hydrogens (tertiary/aromatic N) is 1. The van der Waals surface area contributed by atoms with Crippen LogP contribution >= 0.6 is 11.6 Å². The van der Waals surface area contributed by atoms with Crippen molar-refractivity contribution in [3.63, 3.8) is 0 Å². The summed E-state index contributed by atoms with van der Waals surface area (Å²) >= 11 is 6.19. The molecular formula is C21H25ClN2O3S. The minimum atomic E-state index is -3.94. The molecule has 0 atom stereocenters. The Kier molecular flexibility index (Phi) is 6.01. The molecule has 0 heterocycles. The van der Waals surface area contributed by atoms with Gasteiger partial charge in [-0.2, -0.15) is 0 Å². The van der Waals surface area contributed by atoms with Crippen molar-refractivity contribution in [3.05, 3.63) is 58.1 Å². The number of halogens is 1. The zero-order valence-corrected chi connectivity index (χ0v) is 17.9. The topological polar surface area (TPSA) is 66.5 Å². The first-order valence-electron chi connectivity index (χ1n) is 9.36. The molecule has 1 aliphatic rings. The molecule has 0 aromatic heterocycles. The number of anilines is 1. The van der Waals surface area contributed by atoms with Gasteiger partial charge in [-0.25, -0.2) is 8.42 Å². The van der Waals surface area contributed by atoms with Crippen molar-refractivity contribution in [1.82, 2.24) is 4.90 Å². The fraction of sp³-hybridized carbons (Fsp3) is 0.381. The monoisotopic (exact) mass is 420 g/mol. The Morgan fingerprint density at radius 2 is 1.82 bits per heavy atom. The van der Waals surface area contributed by atoms with Gasteiger partial charge in [0.1, 0.15) is 4.90 Å². The van der Waals surface area contributed by atoms with Crippen LogP contribution in [0, 0.1) is 13.8 Å². The lowest BCUT2D eigenvalue weighted by molar-refractivity contribution is 0.0735. The Labute approximate surface area is 171 Å². The molecule has 7 heteroatoms. The van der Waals surface area contributed by atoms with Crippen LogP contribution in [0.4, 0.5) is 5.69 Å². The van der Waals surface area contributed by atoms with Crippen LogP contribution in [0.2, 0.25) is 5.02 Å². The van der Waals surface area contributed by atoms with E-state index in [2.05, 4.69) is 4.72 Å². The first kappa shape index (κ1) is 20.7. The van der Waals surface area contributed by atoms with Crippen molar-refractivity contribution in [2.75, 3.05) is 11.8 Å². The molecular weight excluding hydrogens is 396 g/mol. The first-order chi connectivity index (χ1) is 13.2. The Morgan fingerprint density at radius 3 is 2.50 bits per heavy atom. The van der Waals surface area contributed by atoms with Gasteiger partial charge in [0.25, 0.3) is 15.9 Å². The van der Waals surface area contributed by atoms with Crippen LogP contribution in [0.1, 0.15) is 47.2 Å². The summed E-state index contributed by atoms with van der Waals surface area (Å²) in [5, 5.41) is 0.0814. The van der Waals surface area contributed by atoms with Gasteiger partial charge in [0.2, 0.25) is 0 Å². The highest BCUT2D eigenvalue weighted by Gasteiger charge is 2.26. The van der Waals surface area contributed by atoms with Crippen molar-refractivity contribution in [1.29, 1.82) is 0 Å². The molecule has 1 amide bonds.